The zero-order valence-corrected chi connectivity index (χ0v) is 14.6. The van der Waals surface area contributed by atoms with Crippen LogP contribution >= 0.6 is 45.3 Å². The Bertz CT molecular complexity index is 820. The fraction of sp³-hybridized carbons (Fsp3) is 0. The predicted molar refractivity (Wildman–Crippen MR) is 98.7 cm³/mol. The summed E-state index contributed by atoms with van der Waals surface area (Å²) in [6.07, 6.45) is 0. The van der Waals surface area contributed by atoms with Crippen LogP contribution in [-0.2, 0) is 0 Å². The van der Waals surface area contributed by atoms with Gasteiger partial charge in [0.05, 0.1) is 0 Å². The van der Waals surface area contributed by atoms with Gasteiger partial charge in [-0.1, -0.05) is 12.1 Å². The minimum atomic E-state index is 0.109. The van der Waals surface area contributed by atoms with Gasteiger partial charge in [-0.25, -0.2) is 0 Å². The first-order valence-electron chi connectivity index (χ1n) is 6.61. The van der Waals surface area contributed by atoms with E-state index in [1.807, 2.05) is 35.0 Å². The van der Waals surface area contributed by atoms with Gasteiger partial charge in [-0.15, -0.1) is 45.3 Å². The van der Waals surface area contributed by atoms with Gasteiger partial charge in [0.25, 0.3) is 0 Å². The molecule has 0 aromatic carbocycles. The Hall–Kier alpha value is -1.53. The van der Waals surface area contributed by atoms with E-state index in [4.69, 9.17) is 0 Å². The Balaban J connectivity index is 1.62. The quantitative estimate of drug-likeness (QED) is 0.381. The topological polar surface area (TPSA) is 17.1 Å². The third-order valence-electron chi connectivity index (χ3n) is 3.25. The van der Waals surface area contributed by atoms with E-state index < -0.39 is 0 Å². The minimum absolute atomic E-state index is 0.109. The molecule has 0 bridgehead atoms. The van der Waals surface area contributed by atoms with Gasteiger partial charge in [-0.2, -0.15) is 0 Å². The number of thiophene rings is 4. The summed E-state index contributed by atoms with van der Waals surface area (Å²) in [7, 11) is 0. The summed E-state index contributed by atoms with van der Waals surface area (Å²) in [6, 6.07) is 12.2. The lowest BCUT2D eigenvalue weighted by molar-refractivity contribution is 0.103. The van der Waals surface area contributed by atoms with Crippen LogP contribution in [0.15, 0.2) is 57.9 Å². The molecule has 0 fully saturated rings. The highest BCUT2D eigenvalue weighted by Gasteiger charge is 2.15. The molecule has 22 heavy (non-hydrogen) atoms. The monoisotopic (exact) mass is 358 g/mol. The van der Waals surface area contributed by atoms with Crippen LogP contribution < -0.4 is 0 Å². The maximum Gasteiger partial charge on any atom is 0.194 e. The molecule has 0 unspecified atom stereocenters. The standard InChI is InChI=1S/C17H10OS4/c18-17(11-7-15(21-9-11)13-3-1-5-19-13)12-8-16(22-10-12)14-4-2-6-20-14/h1-10H. The van der Waals surface area contributed by atoms with Crippen molar-refractivity contribution in [3.63, 3.8) is 0 Å². The van der Waals surface area contributed by atoms with Gasteiger partial charge in [0, 0.05) is 41.4 Å². The lowest BCUT2D eigenvalue weighted by Crippen LogP contribution is -1.96. The summed E-state index contributed by atoms with van der Waals surface area (Å²) < 4.78 is 0. The van der Waals surface area contributed by atoms with Crippen LogP contribution in [-0.4, -0.2) is 5.78 Å². The van der Waals surface area contributed by atoms with Crippen molar-refractivity contribution in [2.24, 2.45) is 0 Å². The minimum Gasteiger partial charge on any atom is -0.289 e. The maximum atomic E-state index is 12.6. The van der Waals surface area contributed by atoms with Crippen LogP contribution in [0.3, 0.4) is 0 Å². The molecule has 0 N–H and O–H groups in total. The number of carbonyl (C=O) groups excluding carboxylic acids is 1. The van der Waals surface area contributed by atoms with Gasteiger partial charge >= 0.3 is 0 Å². The van der Waals surface area contributed by atoms with Gasteiger partial charge in [0.15, 0.2) is 5.78 Å². The van der Waals surface area contributed by atoms with Crippen LogP contribution in [0.5, 0.6) is 0 Å². The predicted octanol–water partition coefficient (Wildman–Crippen LogP) is 6.50. The molecule has 0 saturated carbocycles. The largest absolute Gasteiger partial charge is 0.289 e. The first-order valence-corrected chi connectivity index (χ1v) is 10.1. The molecule has 4 rings (SSSR count). The second kappa shape index (κ2) is 5.93. The highest BCUT2D eigenvalue weighted by atomic mass is 32.1. The van der Waals surface area contributed by atoms with Crippen LogP contribution in [0.4, 0.5) is 0 Å². The Kier molecular flexibility index (Phi) is 3.80. The van der Waals surface area contributed by atoms with Crippen molar-refractivity contribution in [3.8, 4) is 19.5 Å². The van der Waals surface area contributed by atoms with Crippen molar-refractivity contribution in [1.82, 2.24) is 0 Å². The van der Waals surface area contributed by atoms with Gasteiger partial charge in [-0.3, -0.25) is 4.79 Å². The lowest BCUT2D eigenvalue weighted by Gasteiger charge is -1.93. The molecule has 0 aliphatic carbocycles. The van der Waals surface area contributed by atoms with Crippen molar-refractivity contribution in [1.29, 1.82) is 0 Å². The molecular formula is C17H10OS4. The molecule has 4 heterocycles. The molecule has 0 saturated heterocycles. The first-order chi connectivity index (χ1) is 10.8. The van der Waals surface area contributed by atoms with E-state index in [-0.39, 0.29) is 5.78 Å². The summed E-state index contributed by atoms with van der Waals surface area (Å²) in [5.41, 5.74) is 1.56. The number of rotatable bonds is 4. The number of carbonyl (C=O) groups is 1. The lowest BCUT2D eigenvalue weighted by atomic mass is 10.1. The SMILES string of the molecule is O=C(c1csc(-c2cccs2)c1)c1csc(-c2cccs2)c1. The molecule has 0 spiro atoms. The summed E-state index contributed by atoms with van der Waals surface area (Å²) in [5, 5.41) is 8.03. The highest BCUT2D eigenvalue weighted by molar-refractivity contribution is 7.21. The van der Waals surface area contributed by atoms with Crippen molar-refractivity contribution in [2.45, 2.75) is 0 Å². The third-order valence-corrected chi connectivity index (χ3v) is 7.24. The Morgan fingerprint density at radius 1 is 0.682 bits per heavy atom. The van der Waals surface area contributed by atoms with Crippen LogP contribution in [0.2, 0.25) is 0 Å². The van der Waals surface area contributed by atoms with Crippen molar-refractivity contribution < 1.29 is 4.79 Å². The van der Waals surface area contributed by atoms with E-state index in [1.54, 1.807) is 45.3 Å². The average Bonchev–Trinajstić information content (AvgIpc) is 3.35. The molecule has 0 atom stereocenters. The fourth-order valence-corrected chi connectivity index (χ4v) is 5.64. The summed E-state index contributed by atoms with van der Waals surface area (Å²) >= 11 is 6.66. The molecule has 0 radical (unpaired) electrons. The average molecular weight is 359 g/mol. The molecule has 0 aliphatic rings. The van der Waals surface area contributed by atoms with Crippen LogP contribution in [0, 0.1) is 0 Å². The van der Waals surface area contributed by atoms with Crippen molar-refractivity contribution >= 4 is 51.1 Å². The number of hydrogen-bond acceptors (Lipinski definition) is 5. The number of ketones is 1. The van der Waals surface area contributed by atoms with Gasteiger partial charge in [0.1, 0.15) is 0 Å². The molecular weight excluding hydrogens is 348 g/mol. The van der Waals surface area contributed by atoms with E-state index in [0.29, 0.717) is 0 Å². The maximum absolute atomic E-state index is 12.6. The normalized spacial score (nSPS) is 10.9. The van der Waals surface area contributed by atoms with Crippen LogP contribution in [0.25, 0.3) is 19.5 Å². The summed E-state index contributed by atoms with van der Waals surface area (Å²) in [5.74, 6) is 0.109. The second-order valence-electron chi connectivity index (χ2n) is 4.68. The zero-order chi connectivity index (χ0) is 14.9. The van der Waals surface area contributed by atoms with E-state index in [9.17, 15) is 4.79 Å². The van der Waals surface area contributed by atoms with Crippen molar-refractivity contribution in [3.05, 3.63) is 69.0 Å². The van der Waals surface area contributed by atoms with Gasteiger partial charge in [0.2, 0.25) is 0 Å². The fourth-order valence-electron chi connectivity index (χ4n) is 2.17. The summed E-state index contributed by atoms with van der Waals surface area (Å²) in [6.45, 7) is 0. The second-order valence-corrected chi connectivity index (χ2v) is 8.40. The van der Waals surface area contributed by atoms with Crippen molar-refractivity contribution in [2.75, 3.05) is 0 Å². The van der Waals surface area contributed by atoms with E-state index >= 15 is 0 Å². The molecule has 108 valence electrons. The van der Waals surface area contributed by atoms with E-state index in [0.717, 1.165) is 20.9 Å². The number of hydrogen-bond donors (Lipinski definition) is 0. The molecule has 0 aliphatic heterocycles. The van der Waals surface area contributed by atoms with E-state index in [1.165, 1.54) is 9.75 Å². The first kappa shape index (κ1) is 14.1. The molecule has 4 aromatic heterocycles. The highest BCUT2D eigenvalue weighted by Crippen LogP contribution is 2.34. The van der Waals surface area contributed by atoms with Crippen LogP contribution in [0.1, 0.15) is 15.9 Å². The Morgan fingerprint density at radius 3 is 1.59 bits per heavy atom. The molecule has 5 heteroatoms. The molecule has 4 aromatic rings. The zero-order valence-electron chi connectivity index (χ0n) is 11.3. The van der Waals surface area contributed by atoms with E-state index in [2.05, 4.69) is 22.9 Å². The third kappa shape index (κ3) is 2.61. The van der Waals surface area contributed by atoms with Gasteiger partial charge < -0.3 is 0 Å². The molecule has 0 amide bonds. The Labute approximate surface area is 144 Å². The van der Waals surface area contributed by atoms with Gasteiger partial charge in [-0.05, 0) is 35.0 Å². The Morgan fingerprint density at radius 2 is 1.18 bits per heavy atom. The smallest absolute Gasteiger partial charge is 0.194 e. The molecule has 1 nitrogen and oxygen atoms in total. The summed E-state index contributed by atoms with van der Waals surface area (Å²) in [4.78, 5) is 17.4.